The maximum atomic E-state index is 11.2. The lowest BCUT2D eigenvalue weighted by Crippen LogP contribution is -2.21. The quantitative estimate of drug-likeness (QED) is 0.528. The fourth-order valence-electron chi connectivity index (χ4n) is 3.84. The Bertz CT molecular complexity index is 968. The van der Waals surface area contributed by atoms with E-state index in [1.54, 1.807) is 13.8 Å². The molecule has 0 aromatic carbocycles. The number of carbonyl (C=O) groups is 1. The molecule has 0 radical (unpaired) electrons. The van der Waals surface area contributed by atoms with Crippen molar-refractivity contribution in [2.45, 2.75) is 68.8 Å². The molecule has 4 rings (SSSR count). The highest BCUT2D eigenvalue weighted by Crippen LogP contribution is 2.36. The second-order valence-corrected chi connectivity index (χ2v) is 10.3. The van der Waals surface area contributed by atoms with E-state index in [0.717, 1.165) is 55.5 Å². The molecule has 31 heavy (non-hydrogen) atoms. The zero-order valence-corrected chi connectivity index (χ0v) is 19.6. The van der Waals surface area contributed by atoms with E-state index in [2.05, 4.69) is 10.3 Å². The Morgan fingerprint density at radius 3 is 2.23 bits per heavy atom. The maximum Gasteiger partial charge on any atom is 0.316 e. The lowest BCUT2D eigenvalue weighted by atomic mass is 10.1. The van der Waals surface area contributed by atoms with Crippen LogP contribution in [0.2, 0.25) is 0 Å². The number of nitrogens with zero attached hydrogens (tertiary/aromatic N) is 2. The van der Waals surface area contributed by atoms with Gasteiger partial charge in [-0.1, -0.05) is 0 Å². The van der Waals surface area contributed by atoms with Gasteiger partial charge in [0, 0.05) is 18.5 Å². The average Bonchev–Trinajstić information content (AvgIpc) is 3.40. The van der Waals surface area contributed by atoms with Gasteiger partial charge in [0.05, 0.1) is 18.0 Å². The van der Waals surface area contributed by atoms with E-state index in [1.807, 2.05) is 0 Å². The highest BCUT2D eigenvalue weighted by Gasteiger charge is 2.26. The summed E-state index contributed by atoms with van der Waals surface area (Å²) in [6.07, 6.45) is 6.39. The van der Waals surface area contributed by atoms with Crippen molar-refractivity contribution in [2.75, 3.05) is 12.4 Å². The van der Waals surface area contributed by atoms with Crippen LogP contribution in [0.4, 0.5) is 10.5 Å². The van der Waals surface area contributed by atoms with Crippen LogP contribution in [0.25, 0.3) is 0 Å². The Morgan fingerprint density at radius 2 is 1.77 bits per heavy atom. The van der Waals surface area contributed by atoms with E-state index in [0.29, 0.717) is 14.9 Å². The number of rotatable bonds is 5. The van der Waals surface area contributed by atoms with E-state index < -0.39 is 22.6 Å². The van der Waals surface area contributed by atoms with Gasteiger partial charge in [0.25, 0.3) is 0 Å². The van der Waals surface area contributed by atoms with Gasteiger partial charge in [-0.15, -0.1) is 11.3 Å². The second-order valence-electron chi connectivity index (χ2n) is 8.08. The first kappa shape index (κ1) is 23.7. The van der Waals surface area contributed by atoms with Crippen molar-refractivity contribution in [3.05, 3.63) is 33.2 Å². The van der Waals surface area contributed by atoms with Crippen LogP contribution in [0.1, 0.15) is 59.9 Å². The number of carbonyl (C=O) groups excluding carboxylic acids is 1. The van der Waals surface area contributed by atoms with Crippen molar-refractivity contribution in [1.29, 1.82) is 0 Å². The number of aromatic nitrogens is 2. The first-order chi connectivity index (χ1) is 14.6. The van der Waals surface area contributed by atoms with Gasteiger partial charge in [0.1, 0.15) is 25.8 Å². The number of pyridine rings is 1. The molecular weight excluding hydrogens is 438 g/mol. The average molecular weight is 468 g/mol. The minimum absolute atomic E-state index is 0.241. The van der Waals surface area contributed by atoms with Crippen molar-refractivity contribution < 1.29 is 18.8 Å². The lowest BCUT2D eigenvalue weighted by Gasteiger charge is -2.13. The van der Waals surface area contributed by atoms with E-state index in [-0.39, 0.29) is 6.61 Å². The van der Waals surface area contributed by atoms with E-state index in [4.69, 9.17) is 20.6 Å². The number of aryl methyl sites for hydroxylation is 2. The molecule has 0 saturated carbocycles. The van der Waals surface area contributed by atoms with Crippen molar-refractivity contribution in [3.63, 3.8) is 0 Å². The van der Waals surface area contributed by atoms with Gasteiger partial charge in [-0.05, 0) is 63.5 Å². The molecular formula is C20H29N5O4S2. The minimum atomic E-state index is -1.59. The van der Waals surface area contributed by atoms with E-state index in [1.165, 1.54) is 29.6 Å². The van der Waals surface area contributed by atoms with Gasteiger partial charge >= 0.3 is 6.03 Å². The summed E-state index contributed by atoms with van der Waals surface area (Å²) >= 11 is 1.15. The summed E-state index contributed by atoms with van der Waals surface area (Å²) in [4.78, 5) is 19.9. The van der Waals surface area contributed by atoms with Crippen LogP contribution in [0.5, 0.6) is 0 Å². The number of hydrogen-bond donors (Lipinski definition) is 4. The first-order valence-corrected chi connectivity index (χ1v) is 12.1. The van der Waals surface area contributed by atoms with Crippen LogP contribution < -0.4 is 16.2 Å². The molecule has 0 saturated heterocycles. The summed E-state index contributed by atoms with van der Waals surface area (Å²) in [5.74, 6) is 0. The Hall–Kier alpha value is -1.92. The third kappa shape index (κ3) is 5.47. The highest BCUT2D eigenvalue weighted by atomic mass is 32.2. The molecule has 2 aliphatic rings. The summed E-state index contributed by atoms with van der Waals surface area (Å²) in [6.45, 7) is 3.47. The lowest BCUT2D eigenvalue weighted by molar-refractivity contribution is 0.0776. The van der Waals surface area contributed by atoms with Crippen LogP contribution >= 0.6 is 11.3 Å². The van der Waals surface area contributed by atoms with Crippen LogP contribution in [0, 0.1) is 0 Å². The molecule has 1 unspecified atom stereocenters. The van der Waals surface area contributed by atoms with Crippen LogP contribution in [-0.2, 0) is 53.6 Å². The predicted octanol–water partition coefficient (Wildman–Crippen LogP) is 2.05. The van der Waals surface area contributed by atoms with Crippen molar-refractivity contribution >= 4 is 34.0 Å². The van der Waals surface area contributed by atoms with Gasteiger partial charge in [-0.25, -0.2) is 19.1 Å². The third-order valence-corrected chi connectivity index (χ3v) is 7.70. The number of urea groups is 1. The smallest absolute Gasteiger partial charge is 0.316 e. The third-order valence-electron chi connectivity index (χ3n) is 5.15. The molecule has 11 heteroatoms. The summed E-state index contributed by atoms with van der Waals surface area (Å²) in [5, 5.41) is 18.3. The fourth-order valence-corrected chi connectivity index (χ4v) is 5.55. The van der Waals surface area contributed by atoms with Crippen LogP contribution in [0.3, 0.4) is 0 Å². The summed E-state index contributed by atoms with van der Waals surface area (Å²) in [6, 6.07) is -0.464. The van der Waals surface area contributed by atoms with Gasteiger partial charge in [0.2, 0.25) is 0 Å². The molecule has 2 aromatic rings. The van der Waals surface area contributed by atoms with E-state index >= 15 is 0 Å². The molecule has 0 spiro atoms. The standard InChI is InChI=1S/C12H15N3O.C8H14N2O3S2/c13-12(16)15-11-7-3-1-5-9(7)14-10-6-2-4-8(10)11;1-8(2,11)7-10-5(4-13-3)6(14-7)15(9)12/h1-6H2,(H3,13,14,15,16);11H,4,9H2,1-3H3. The molecule has 1 atom stereocenters. The summed E-state index contributed by atoms with van der Waals surface area (Å²) in [5.41, 5.74) is 10.5. The molecule has 0 fully saturated rings. The number of primary amides is 1. The first-order valence-electron chi connectivity index (χ1n) is 10.1. The summed E-state index contributed by atoms with van der Waals surface area (Å²) < 4.78 is 16.6. The van der Waals surface area contributed by atoms with Gasteiger partial charge in [0.15, 0.2) is 0 Å². The number of hydrogen-bond acceptors (Lipinski definition) is 7. The number of anilines is 1. The van der Waals surface area contributed by atoms with Crippen LogP contribution in [0.15, 0.2) is 4.21 Å². The molecule has 0 aliphatic heterocycles. The SMILES string of the molecule is COCc1nc(C(C)(C)O)sc1S(N)=O.NC(=O)Nc1c2c(nc3c1CCC3)CCC2. The number of nitrogens with one attached hydrogen (secondary N) is 1. The molecule has 2 aliphatic carbocycles. The molecule has 2 heterocycles. The predicted molar refractivity (Wildman–Crippen MR) is 120 cm³/mol. The maximum absolute atomic E-state index is 11.2. The van der Waals surface area contributed by atoms with Crippen molar-refractivity contribution in [2.24, 2.45) is 10.9 Å². The van der Waals surface area contributed by atoms with Gasteiger partial charge in [-0.3, -0.25) is 4.98 Å². The highest BCUT2D eigenvalue weighted by molar-refractivity contribution is 7.85. The molecule has 2 aromatic heterocycles. The minimum Gasteiger partial charge on any atom is -0.383 e. The monoisotopic (exact) mass is 467 g/mol. The zero-order valence-electron chi connectivity index (χ0n) is 18.0. The van der Waals surface area contributed by atoms with Gasteiger partial charge in [-0.2, -0.15) is 0 Å². The number of thiazole rings is 1. The number of ether oxygens (including phenoxy) is 1. The fraction of sp³-hybridized carbons (Fsp3) is 0.550. The zero-order chi connectivity index (χ0) is 22.8. The van der Waals surface area contributed by atoms with Gasteiger partial charge < -0.3 is 20.9 Å². The number of aliphatic hydroxyl groups is 1. The summed E-state index contributed by atoms with van der Waals surface area (Å²) in [7, 11) is -0.0709. The topological polar surface area (TPSA) is 153 Å². The molecule has 6 N–H and O–H groups in total. The largest absolute Gasteiger partial charge is 0.383 e. The second kappa shape index (κ2) is 9.70. The molecule has 2 amide bonds. The Labute approximate surface area is 188 Å². The van der Waals surface area contributed by atoms with Crippen molar-refractivity contribution in [3.8, 4) is 0 Å². The number of methoxy groups -OCH3 is 1. The molecule has 170 valence electrons. The number of fused-ring (bicyclic) bond motifs is 2. The van der Waals surface area contributed by atoms with Crippen LogP contribution in [-0.4, -0.2) is 32.4 Å². The normalized spacial score (nSPS) is 15.6. The number of nitrogens with two attached hydrogens (primary N) is 2. The van der Waals surface area contributed by atoms with E-state index in [9.17, 15) is 14.1 Å². The Balaban J connectivity index is 0.000000176. The van der Waals surface area contributed by atoms with Crippen molar-refractivity contribution in [1.82, 2.24) is 9.97 Å². The Kier molecular flexibility index (Phi) is 7.43. The number of amides is 2. The molecule has 9 nitrogen and oxygen atoms in total. The Morgan fingerprint density at radius 1 is 1.19 bits per heavy atom. The molecule has 0 bridgehead atoms.